The number of carboxylic acid groups (broad SMARTS) is 1. The van der Waals surface area contributed by atoms with Gasteiger partial charge in [0.2, 0.25) is 6.10 Å². The van der Waals surface area contributed by atoms with E-state index in [1.165, 1.54) is 14.2 Å². The lowest BCUT2D eigenvalue weighted by atomic mass is 10.2. The minimum atomic E-state index is -1.12. The second-order valence-electron chi connectivity index (χ2n) is 3.54. The molecule has 1 aromatic carbocycles. The van der Waals surface area contributed by atoms with Crippen LogP contribution < -0.4 is 9.47 Å². The molecule has 0 aliphatic carbocycles. The van der Waals surface area contributed by atoms with Gasteiger partial charge in [0.15, 0.2) is 11.5 Å². The summed E-state index contributed by atoms with van der Waals surface area (Å²) in [5, 5.41) is 17.9. The highest BCUT2D eigenvalue weighted by Crippen LogP contribution is 2.29. The van der Waals surface area contributed by atoms with Crippen LogP contribution in [0.3, 0.4) is 0 Å². The molecule has 6 heteroatoms. The fourth-order valence-electron chi connectivity index (χ4n) is 1.37. The quantitative estimate of drug-likeness (QED) is 0.745. The first-order chi connectivity index (χ1) is 8.62. The summed E-state index contributed by atoms with van der Waals surface area (Å²) in [6.07, 6.45) is -1.11. The number of carbonyl (C=O) groups is 1. The Hall–Kier alpha value is -1.79. The van der Waals surface area contributed by atoms with E-state index in [0.29, 0.717) is 17.1 Å². The van der Waals surface area contributed by atoms with Crippen molar-refractivity contribution in [1.29, 1.82) is 0 Å². The average molecular weight is 256 g/mol. The topological polar surface area (TPSA) is 85.2 Å². The molecule has 0 heterocycles. The first kappa shape index (κ1) is 14.3. The Balaban J connectivity index is 2.91. The summed E-state index contributed by atoms with van der Waals surface area (Å²) in [5.74, 6) is -0.465. The number of rotatable bonds is 7. The molecule has 0 saturated carbocycles. The first-order valence-electron chi connectivity index (χ1n) is 5.28. The van der Waals surface area contributed by atoms with Crippen molar-refractivity contribution in [3.05, 3.63) is 23.8 Å². The molecular formula is C12H16O6. The zero-order chi connectivity index (χ0) is 13.5. The summed E-state index contributed by atoms with van der Waals surface area (Å²) in [7, 11) is 2.83. The first-order valence-corrected chi connectivity index (χ1v) is 5.28. The van der Waals surface area contributed by atoms with Crippen LogP contribution in [0.1, 0.15) is 5.56 Å². The fourth-order valence-corrected chi connectivity index (χ4v) is 1.37. The van der Waals surface area contributed by atoms with E-state index in [1.807, 2.05) is 0 Å². The van der Waals surface area contributed by atoms with Gasteiger partial charge in [-0.15, -0.1) is 0 Å². The number of carboxylic acids is 1. The van der Waals surface area contributed by atoms with E-state index < -0.39 is 12.1 Å². The van der Waals surface area contributed by atoms with E-state index in [2.05, 4.69) is 0 Å². The van der Waals surface area contributed by atoms with E-state index in [9.17, 15) is 4.79 Å². The van der Waals surface area contributed by atoms with Crippen molar-refractivity contribution in [3.8, 4) is 11.5 Å². The highest BCUT2D eigenvalue weighted by Gasteiger charge is 2.21. The van der Waals surface area contributed by atoms with Crippen LogP contribution in [-0.2, 0) is 16.1 Å². The average Bonchev–Trinajstić information content (AvgIpc) is 2.38. The number of hydrogen-bond donors (Lipinski definition) is 2. The molecule has 0 radical (unpaired) electrons. The molecule has 1 rings (SSSR count). The summed E-state index contributed by atoms with van der Waals surface area (Å²) in [4.78, 5) is 10.9. The van der Waals surface area contributed by atoms with Gasteiger partial charge in [0, 0.05) is 7.11 Å². The van der Waals surface area contributed by atoms with Crippen LogP contribution in [0.15, 0.2) is 18.2 Å². The molecule has 2 N–H and O–H groups in total. The molecule has 1 atom stereocenters. The molecule has 1 aromatic rings. The number of ether oxygens (including phenoxy) is 3. The Morgan fingerprint density at radius 1 is 1.33 bits per heavy atom. The summed E-state index contributed by atoms with van der Waals surface area (Å²) < 4.78 is 15.2. The Morgan fingerprint density at radius 3 is 2.56 bits per heavy atom. The lowest BCUT2D eigenvalue weighted by Crippen LogP contribution is -2.31. The molecule has 0 fully saturated rings. The van der Waals surface area contributed by atoms with E-state index >= 15 is 0 Å². The third kappa shape index (κ3) is 3.61. The Morgan fingerprint density at radius 2 is 2.06 bits per heavy atom. The van der Waals surface area contributed by atoms with Crippen molar-refractivity contribution in [1.82, 2.24) is 0 Å². The van der Waals surface area contributed by atoms with Crippen molar-refractivity contribution in [3.63, 3.8) is 0 Å². The zero-order valence-corrected chi connectivity index (χ0v) is 10.3. The smallest absolute Gasteiger partial charge is 0.347 e. The number of aliphatic hydroxyl groups excluding tert-OH is 1. The van der Waals surface area contributed by atoms with Gasteiger partial charge in [0.05, 0.1) is 20.3 Å². The molecule has 0 saturated heterocycles. The Labute approximate surface area is 105 Å². The number of hydrogen-bond acceptors (Lipinski definition) is 5. The number of benzene rings is 1. The minimum Gasteiger partial charge on any atom is -0.493 e. The van der Waals surface area contributed by atoms with Gasteiger partial charge in [-0.3, -0.25) is 0 Å². The second-order valence-corrected chi connectivity index (χ2v) is 3.54. The molecule has 18 heavy (non-hydrogen) atoms. The summed E-state index contributed by atoms with van der Waals surface area (Å²) in [6, 6.07) is 4.76. The number of aliphatic hydroxyl groups is 1. The minimum absolute atomic E-state index is 0.0692. The molecule has 1 unspecified atom stereocenters. The van der Waals surface area contributed by atoms with Crippen LogP contribution in [0, 0.1) is 0 Å². The van der Waals surface area contributed by atoms with E-state index in [4.69, 9.17) is 24.4 Å². The Bertz CT molecular complexity index is 404. The van der Waals surface area contributed by atoms with Crippen molar-refractivity contribution in [2.75, 3.05) is 20.8 Å². The molecule has 6 nitrogen and oxygen atoms in total. The number of aliphatic carboxylic acids is 1. The van der Waals surface area contributed by atoms with E-state index in [0.717, 1.165) is 0 Å². The van der Waals surface area contributed by atoms with Crippen LogP contribution >= 0.6 is 0 Å². The van der Waals surface area contributed by atoms with Gasteiger partial charge < -0.3 is 24.4 Å². The zero-order valence-electron chi connectivity index (χ0n) is 10.3. The predicted octanol–water partition coefficient (Wildman–Crippen LogP) is 0.666. The highest BCUT2D eigenvalue weighted by molar-refractivity contribution is 5.73. The van der Waals surface area contributed by atoms with E-state index in [1.54, 1.807) is 18.2 Å². The molecule has 0 aromatic heterocycles. The molecule has 0 bridgehead atoms. The molecule has 0 aliphatic rings. The second kappa shape index (κ2) is 6.83. The van der Waals surface area contributed by atoms with Crippen molar-refractivity contribution >= 4 is 5.97 Å². The normalized spacial score (nSPS) is 11.9. The molecular weight excluding hydrogens is 240 g/mol. The molecule has 0 aliphatic heterocycles. The standard InChI is InChI=1S/C12H16O6/c1-16-7-11(12(14)15)18-9-4-3-8(6-13)5-10(9)17-2/h3-5,11,13H,6-7H2,1-2H3,(H,14,15). The van der Waals surface area contributed by atoms with Crippen molar-refractivity contribution in [2.45, 2.75) is 12.7 Å². The highest BCUT2D eigenvalue weighted by atomic mass is 16.6. The third-order valence-electron chi connectivity index (χ3n) is 2.27. The largest absolute Gasteiger partial charge is 0.493 e. The van der Waals surface area contributed by atoms with Crippen molar-refractivity contribution < 1.29 is 29.2 Å². The summed E-state index contributed by atoms with van der Waals surface area (Å²) in [6.45, 7) is -0.197. The van der Waals surface area contributed by atoms with Gasteiger partial charge in [-0.05, 0) is 17.7 Å². The van der Waals surface area contributed by atoms with Gasteiger partial charge in [-0.25, -0.2) is 4.79 Å². The third-order valence-corrected chi connectivity index (χ3v) is 2.27. The lowest BCUT2D eigenvalue weighted by Gasteiger charge is -2.16. The molecule has 0 amide bonds. The van der Waals surface area contributed by atoms with Gasteiger partial charge in [0.25, 0.3) is 0 Å². The van der Waals surface area contributed by atoms with E-state index in [-0.39, 0.29) is 13.2 Å². The number of methoxy groups -OCH3 is 2. The van der Waals surface area contributed by atoms with Crippen LogP contribution in [0.2, 0.25) is 0 Å². The summed E-state index contributed by atoms with van der Waals surface area (Å²) >= 11 is 0. The van der Waals surface area contributed by atoms with Gasteiger partial charge in [0.1, 0.15) is 0 Å². The Kier molecular flexibility index (Phi) is 5.41. The van der Waals surface area contributed by atoms with Crippen LogP contribution in [0.5, 0.6) is 11.5 Å². The predicted molar refractivity (Wildman–Crippen MR) is 62.8 cm³/mol. The van der Waals surface area contributed by atoms with Gasteiger partial charge in [-0.2, -0.15) is 0 Å². The lowest BCUT2D eigenvalue weighted by molar-refractivity contribution is -0.147. The van der Waals surface area contributed by atoms with Crippen LogP contribution in [0.4, 0.5) is 0 Å². The van der Waals surface area contributed by atoms with Crippen LogP contribution in [0.25, 0.3) is 0 Å². The fraction of sp³-hybridized carbons (Fsp3) is 0.417. The molecule has 100 valence electrons. The van der Waals surface area contributed by atoms with Gasteiger partial charge >= 0.3 is 5.97 Å². The summed E-state index contributed by atoms with van der Waals surface area (Å²) in [5.41, 5.74) is 0.651. The maximum Gasteiger partial charge on any atom is 0.347 e. The maximum absolute atomic E-state index is 10.9. The van der Waals surface area contributed by atoms with Crippen molar-refractivity contribution in [2.24, 2.45) is 0 Å². The monoisotopic (exact) mass is 256 g/mol. The molecule has 0 spiro atoms. The van der Waals surface area contributed by atoms with Gasteiger partial charge in [-0.1, -0.05) is 6.07 Å². The maximum atomic E-state index is 10.9. The van der Waals surface area contributed by atoms with Crippen LogP contribution in [-0.4, -0.2) is 43.1 Å². The SMILES string of the molecule is COCC(Oc1ccc(CO)cc1OC)C(=O)O.